The maximum Gasteiger partial charge on any atom is 0.172 e. The van der Waals surface area contributed by atoms with Crippen molar-refractivity contribution in [2.24, 2.45) is 0 Å². The highest BCUT2D eigenvalue weighted by Gasteiger charge is 2.19. The molecule has 0 aliphatic heterocycles. The minimum absolute atomic E-state index is 0.400. The monoisotopic (exact) mass is 246 g/mol. The Bertz CT molecular complexity index is 491. The Hall–Kier alpha value is -1.44. The molecule has 0 N–H and O–H groups in total. The van der Waals surface area contributed by atoms with Gasteiger partial charge in [0.25, 0.3) is 0 Å². The van der Waals surface area contributed by atoms with Crippen molar-refractivity contribution < 1.29 is 8.83 Å². The molecule has 2 aromatic rings. The van der Waals surface area contributed by atoms with Gasteiger partial charge in [0.2, 0.25) is 0 Å². The van der Waals surface area contributed by atoms with Crippen LogP contribution >= 0.6 is 0 Å². The van der Waals surface area contributed by atoms with E-state index >= 15 is 0 Å². The van der Waals surface area contributed by atoms with Crippen molar-refractivity contribution in [1.82, 2.24) is 0 Å². The lowest BCUT2D eigenvalue weighted by molar-refractivity contribution is 0.453. The van der Waals surface area contributed by atoms with E-state index in [1.54, 1.807) is 0 Å². The van der Waals surface area contributed by atoms with Gasteiger partial charge in [-0.3, -0.25) is 0 Å². The fourth-order valence-corrected chi connectivity index (χ4v) is 2.03. The molecule has 0 aliphatic rings. The molecular weight excluding hydrogens is 224 g/mol. The van der Waals surface area contributed by atoms with Crippen molar-refractivity contribution in [1.29, 1.82) is 0 Å². The maximum atomic E-state index is 5.94. The minimum Gasteiger partial charge on any atom is -0.457 e. The van der Waals surface area contributed by atoms with Crippen LogP contribution in [0.5, 0.6) is 0 Å². The number of hydrogen-bond acceptors (Lipinski definition) is 2. The molecule has 2 rings (SSSR count). The van der Waals surface area contributed by atoms with E-state index < -0.39 is 0 Å². The predicted molar refractivity (Wildman–Crippen MR) is 74.1 cm³/mol. The van der Waals surface area contributed by atoms with Crippen LogP contribution in [0.15, 0.2) is 21.0 Å². The summed E-state index contributed by atoms with van der Waals surface area (Å²) in [6, 6.07) is 4.22. The fourth-order valence-electron chi connectivity index (χ4n) is 2.03. The second kappa shape index (κ2) is 4.68. The first-order chi connectivity index (χ1) is 8.40. The molecule has 0 unspecified atom stereocenters. The Labute approximate surface area is 109 Å². The van der Waals surface area contributed by atoms with Crippen molar-refractivity contribution >= 4 is 0 Å². The lowest BCUT2D eigenvalue weighted by atomic mass is 10.1. The first kappa shape index (κ1) is 13.0. The van der Waals surface area contributed by atoms with Crippen LogP contribution in [0, 0.1) is 13.8 Å². The lowest BCUT2D eigenvalue weighted by Crippen LogP contribution is -1.81. The van der Waals surface area contributed by atoms with E-state index in [4.69, 9.17) is 8.83 Å². The van der Waals surface area contributed by atoms with Crippen LogP contribution in [-0.4, -0.2) is 0 Å². The average molecular weight is 246 g/mol. The highest BCUT2D eigenvalue weighted by Crippen LogP contribution is 2.35. The zero-order valence-corrected chi connectivity index (χ0v) is 12.1. The second-order valence-electron chi connectivity index (χ2n) is 5.63. The molecular formula is C16H22O2. The Morgan fingerprint density at radius 3 is 1.28 bits per heavy atom. The van der Waals surface area contributed by atoms with Crippen molar-refractivity contribution in [3.63, 3.8) is 0 Å². The van der Waals surface area contributed by atoms with Gasteiger partial charge in [0.1, 0.15) is 11.5 Å². The summed E-state index contributed by atoms with van der Waals surface area (Å²) in [4.78, 5) is 0. The normalized spacial score (nSPS) is 11.8. The predicted octanol–water partition coefficient (Wildman–Crippen LogP) is 5.40. The molecule has 0 radical (unpaired) electrons. The van der Waals surface area contributed by atoms with E-state index in [-0.39, 0.29) is 0 Å². The standard InChI is InChI=1S/C16H22O2/c1-9(2)13-7-11(5)15(17-13)16-12(6)8-14(18-16)10(3)4/h7-10H,1-6H3. The number of furan rings is 2. The zero-order valence-electron chi connectivity index (χ0n) is 12.1. The van der Waals surface area contributed by atoms with Gasteiger partial charge in [-0.2, -0.15) is 0 Å². The van der Waals surface area contributed by atoms with Crippen LogP contribution in [0.1, 0.15) is 62.2 Å². The van der Waals surface area contributed by atoms with Crippen LogP contribution in [0.4, 0.5) is 0 Å². The molecule has 0 fully saturated rings. The SMILES string of the molecule is Cc1cc(C(C)C)oc1-c1oc(C(C)C)cc1C. The number of rotatable bonds is 3. The van der Waals surface area contributed by atoms with E-state index in [0.717, 1.165) is 34.2 Å². The van der Waals surface area contributed by atoms with E-state index in [9.17, 15) is 0 Å². The molecule has 2 heterocycles. The van der Waals surface area contributed by atoms with E-state index in [0.29, 0.717) is 11.8 Å². The van der Waals surface area contributed by atoms with Gasteiger partial charge in [0.05, 0.1) is 0 Å². The third-order valence-electron chi connectivity index (χ3n) is 3.22. The lowest BCUT2D eigenvalue weighted by Gasteiger charge is -2.00. The van der Waals surface area contributed by atoms with Gasteiger partial charge >= 0.3 is 0 Å². The fraction of sp³-hybridized carbons (Fsp3) is 0.500. The van der Waals surface area contributed by atoms with Crippen molar-refractivity contribution in [2.45, 2.75) is 53.4 Å². The Kier molecular flexibility index (Phi) is 3.38. The Balaban J connectivity index is 2.48. The first-order valence-electron chi connectivity index (χ1n) is 6.61. The van der Waals surface area contributed by atoms with E-state index in [2.05, 4.69) is 53.7 Å². The topological polar surface area (TPSA) is 26.3 Å². The maximum absolute atomic E-state index is 5.94. The van der Waals surface area contributed by atoms with Crippen molar-refractivity contribution in [2.75, 3.05) is 0 Å². The Morgan fingerprint density at radius 2 is 1.06 bits per heavy atom. The largest absolute Gasteiger partial charge is 0.457 e. The molecule has 2 nitrogen and oxygen atoms in total. The molecule has 2 aromatic heterocycles. The molecule has 0 bridgehead atoms. The molecule has 98 valence electrons. The summed E-state index contributed by atoms with van der Waals surface area (Å²) in [5.41, 5.74) is 2.29. The summed E-state index contributed by atoms with van der Waals surface area (Å²) in [6.45, 7) is 12.7. The van der Waals surface area contributed by atoms with Gasteiger partial charge in [0.15, 0.2) is 11.5 Å². The van der Waals surface area contributed by atoms with E-state index in [1.807, 2.05) is 0 Å². The van der Waals surface area contributed by atoms with Crippen LogP contribution in [0.3, 0.4) is 0 Å². The summed E-state index contributed by atoms with van der Waals surface area (Å²) in [5.74, 6) is 4.59. The van der Waals surface area contributed by atoms with E-state index in [1.165, 1.54) is 0 Å². The van der Waals surface area contributed by atoms with Gasteiger partial charge in [-0.25, -0.2) is 0 Å². The third-order valence-corrected chi connectivity index (χ3v) is 3.22. The molecule has 0 saturated carbocycles. The van der Waals surface area contributed by atoms with Gasteiger partial charge in [-0.15, -0.1) is 0 Å². The second-order valence-corrected chi connectivity index (χ2v) is 5.63. The quantitative estimate of drug-likeness (QED) is 0.724. The number of aryl methyl sites for hydroxylation is 2. The van der Waals surface area contributed by atoms with Crippen molar-refractivity contribution in [3.8, 4) is 11.5 Å². The van der Waals surface area contributed by atoms with Gasteiger partial charge < -0.3 is 8.83 Å². The summed E-state index contributed by atoms with van der Waals surface area (Å²) in [7, 11) is 0. The molecule has 0 saturated heterocycles. The first-order valence-corrected chi connectivity index (χ1v) is 6.61. The summed E-state index contributed by atoms with van der Waals surface area (Å²) in [5, 5.41) is 0. The van der Waals surface area contributed by atoms with Crippen LogP contribution in [-0.2, 0) is 0 Å². The molecule has 0 atom stereocenters. The molecule has 0 aromatic carbocycles. The number of hydrogen-bond donors (Lipinski definition) is 0. The smallest absolute Gasteiger partial charge is 0.172 e. The highest BCUT2D eigenvalue weighted by molar-refractivity contribution is 5.60. The van der Waals surface area contributed by atoms with Crippen LogP contribution < -0.4 is 0 Å². The van der Waals surface area contributed by atoms with Gasteiger partial charge in [-0.05, 0) is 37.1 Å². The molecule has 2 heteroatoms. The van der Waals surface area contributed by atoms with Crippen molar-refractivity contribution in [3.05, 3.63) is 34.8 Å². The highest BCUT2D eigenvalue weighted by atomic mass is 16.4. The van der Waals surface area contributed by atoms with Gasteiger partial charge in [0, 0.05) is 11.8 Å². The van der Waals surface area contributed by atoms with Crippen LogP contribution in [0.2, 0.25) is 0 Å². The summed E-state index contributed by atoms with van der Waals surface area (Å²) >= 11 is 0. The zero-order chi connectivity index (χ0) is 13.4. The summed E-state index contributed by atoms with van der Waals surface area (Å²) in [6.07, 6.45) is 0. The Morgan fingerprint density at radius 1 is 0.722 bits per heavy atom. The molecule has 0 aliphatic carbocycles. The molecule has 18 heavy (non-hydrogen) atoms. The van der Waals surface area contributed by atoms with Crippen LogP contribution in [0.25, 0.3) is 11.5 Å². The molecule has 0 amide bonds. The third kappa shape index (κ3) is 2.24. The van der Waals surface area contributed by atoms with Gasteiger partial charge in [-0.1, -0.05) is 27.7 Å². The minimum atomic E-state index is 0.400. The molecule has 0 spiro atoms. The summed E-state index contributed by atoms with van der Waals surface area (Å²) < 4.78 is 11.9. The average Bonchev–Trinajstić information content (AvgIpc) is 2.82.